The summed E-state index contributed by atoms with van der Waals surface area (Å²) < 4.78 is 54.6. The number of aromatic nitrogens is 5. The Bertz CT molecular complexity index is 2390. The fourth-order valence-corrected chi connectivity index (χ4v) is 9.85. The number of anilines is 2. The summed E-state index contributed by atoms with van der Waals surface area (Å²) in [6.07, 6.45) is 4.44. The molecule has 3 aliphatic heterocycles. The van der Waals surface area contributed by atoms with Gasteiger partial charge in [0.15, 0.2) is 5.82 Å². The minimum Gasteiger partial charge on any atom is -0.461 e. The topological polar surface area (TPSA) is 142 Å². The van der Waals surface area contributed by atoms with Gasteiger partial charge in [-0.1, -0.05) is 17.7 Å². The lowest BCUT2D eigenvalue weighted by atomic mass is 9.95. The van der Waals surface area contributed by atoms with Gasteiger partial charge in [0.2, 0.25) is 0 Å². The highest BCUT2D eigenvalue weighted by atomic mass is 35.5. The van der Waals surface area contributed by atoms with Crippen LogP contribution >= 0.6 is 22.9 Å². The number of benzene rings is 2. The van der Waals surface area contributed by atoms with Crippen molar-refractivity contribution < 1.29 is 22.7 Å². The molecule has 3 aromatic heterocycles. The number of hydrogen-bond donors (Lipinski definition) is 1. The van der Waals surface area contributed by atoms with Crippen LogP contribution in [0.1, 0.15) is 63.3 Å². The zero-order chi connectivity index (χ0) is 37.6. The number of carbonyl (C=O) groups excluding carboxylic acids is 1. The third-order valence-electron chi connectivity index (χ3n) is 11.3. The number of nitriles is 1. The molecule has 280 valence electrons. The average Bonchev–Trinajstić information content (AvgIpc) is 3.39. The fraction of sp³-hybridized carbons (Fsp3) is 0.459. The Hall–Kier alpha value is -4.72. The van der Waals surface area contributed by atoms with Gasteiger partial charge >= 0.3 is 12.0 Å². The molecule has 0 bridgehead atoms. The second-order valence-electron chi connectivity index (χ2n) is 15.1. The minimum atomic E-state index is -0.968. The number of halogens is 4. The summed E-state index contributed by atoms with van der Waals surface area (Å²) in [5.41, 5.74) is 5.64. The molecule has 9 rings (SSSR count). The number of ether oxygens (including phenoxy) is 1. The lowest BCUT2D eigenvalue weighted by Gasteiger charge is -2.47. The Labute approximate surface area is 317 Å². The number of nitrogen functional groups attached to an aromatic ring is 1. The molecule has 2 aromatic carbocycles. The molecule has 6 heterocycles. The third-order valence-corrected chi connectivity index (χ3v) is 12.7. The summed E-state index contributed by atoms with van der Waals surface area (Å²) >= 11 is 7.80. The van der Waals surface area contributed by atoms with Crippen LogP contribution in [0.5, 0.6) is 6.01 Å². The van der Waals surface area contributed by atoms with Crippen LogP contribution in [0.25, 0.3) is 32.1 Å². The normalized spacial score (nSPS) is 21.6. The van der Waals surface area contributed by atoms with Crippen molar-refractivity contribution in [2.24, 2.45) is 0 Å². The van der Waals surface area contributed by atoms with Gasteiger partial charge in [0, 0.05) is 54.4 Å². The number of nitrogens with two attached hydrogens (primary N) is 1. The predicted molar refractivity (Wildman–Crippen MR) is 199 cm³/mol. The van der Waals surface area contributed by atoms with Crippen LogP contribution in [0, 0.1) is 23.0 Å². The van der Waals surface area contributed by atoms with Crippen LogP contribution < -0.4 is 15.4 Å². The van der Waals surface area contributed by atoms with Crippen LogP contribution in [0.15, 0.2) is 24.5 Å². The smallest absolute Gasteiger partial charge is 0.331 e. The SMILES string of the molecule is CC(C)N(C(=O)n1cnnc1C1CC1)C1CN(c2nc(OC[C@@]34CCCN3C[C@H](F)C4)nc3c(F)c(-c4ccc(F)c5sc(N)c(C#N)c45)c(Cl)cc23)C1. The molecule has 1 amide bonds. The average molecular weight is 777 g/mol. The first-order valence-electron chi connectivity index (χ1n) is 18.1. The molecule has 4 fully saturated rings. The summed E-state index contributed by atoms with van der Waals surface area (Å²) in [5.74, 6) is -0.159. The van der Waals surface area contributed by atoms with Gasteiger partial charge in [0.1, 0.15) is 53.2 Å². The van der Waals surface area contributed by atoms with Gasteiger partial charge in [-0.15, -0.1) is 21.5 Å². The summed E-state index contributed by atoms with van der Waals surface area (Å²) in [6, 6.07) is 5.49. The van der Waals surface area contributed by atoms with Crippen molar-refractivity contribution in [1.29, 1.82) is 5.26 Å². The van der Waals surface area contributed by atoms with Gasteiger partial charge in [-0.05, 0) is 63.8 Å². The van der Waals surface area contributed by atoms with Crippen LogP contribution in [0.4, 0.5) is 28.8 Å². The maximum Gasteiger partial charge on any atom is 0.331 e. The first-order chi connectivity index (χ1) is 26.0. The van der Waals surface area contributed by atoms with E-state index in [1.165, 1.54) is 23.0 Å². The maximum atomic E-state index is 17.1. The van der Waals surface area contributed by atoms with Crippen molar-refractivity contribution in [2.75, 3.05) is 43.4 Å². The second-order valence-corrected chi connectivity index (χ2v) is 16.5. The molecule has 0 radical (unpaired) electrons. The Balaban J connectivity index is 1.12. The summed E-state index contributed by atoms with van der Waals surface area (Å²) in [5, 5.41) is 18.7. The molecule has 12 nitrogen and oxygen atoms in total. The molecule has 1 saturated carbocycles. The van der Waals surface area contributed by atoms with Crippen molar-refractivity contribution in [3.63, 3.8) is 0 Å². The predicted octanol–water partition coefficient (Wildman–Crippen LogP) is 6.89. The molecule has 54 heavy (non-hydrogen) atoms. The van der Waals surface area contributed by atoms with E-state index in [0.717, 1.165) is 43.6 Å². The number of amides is 1. The van der Waals surface area contributed by atoms with E-state index in [9.17, 15) is 18.8 Å². The van der Waals surface area contributed by atoms with Gasteiger partial charge in [0.05, 0.1) is 26.9 Å². The molecule has 0 spiro atoms. The third kappa shape index (κ3) is 5.53. The largest absolute Gasteiger partial charge is 0.461 e. The number of rotatable bonds is 8. The van der Waals surface area contributed by atoms with Crippen molar-refractivity contribution >= 4 is 60.8 Å². The molecular weight excluding hydrogens is 741 g/mol. The van der Waals surface area contributed by atoms with Crippen LogP contribution in [0.2, 0.25) is 5.02 Å². The lowest BCUT2D eigenvalue weighted by Crippen LogP contribution is -2.63. The molecule has 2 atom stereocenters. The summed E-state index contributed by atoms with van der Waals surface area (Å²) in [7, 11) is 0. The zero-order valence-corrected chi connectivity index (χ0v) is 31.1. The van der Waals surface area contributed by atoms with Gasteiger partial charge in [0.25, 0.3) is 0 Å². The van der Waals surface area contributed by atoms with E-state index in [4.69, 9.17) is 27.1 Å². The quantitative estimate of drug-likeness (QED) is 0.177. The van der Waals surface area contributed by atoms with E-state index in [0.29, 0.717) is 43.1 Å². The fourth-order valence-electron chi connectivity index (χ4n) is 8.61. The van der Waals surface area contributed by atoms with Crippen molar-refractivity contribution in [3.05, 3.63) is 52.6 Å². The second kappa shape index (κ2) is 13.0. The molecule has 4 aliphatic rings. The monoisotopic (exact) mass is 776 g/mol. The van der Waals surface area contributed by atoms with Crippen LogP contribution in [0.3, 0.4) is 0 Å². The van der Waals surface area contributed by atoms with Crippen LogP contribution in [-0.4, -0.2) is 97.1 Å². The Morgan fingerprint density at radius 3 is 2.78 bits per heavy atom. The molecular formula is C37H36ClF3N10O2S. The molecule has 3 saturated heterocycles. The van der Waals surface area contributed by atoms with E-state index in [2.05, 4.69) is 20.1 Å². The standard InChI is InChI=1S/C37H36ClF3N10O2S/c1-18(2)51(36(52)50-17-44-47-33(50)19-4-5-19)21-14-48(15-21)34-23-10-25(38)28(22-6-7-26(40)31-27(22)24(12-42)32(43)54-31)29(41)30(23)45-35(46-34)53-16-37-8-3-9-49(37)13-20(39)11-37/h6-7,10,17-21H,3-5,8-9,11,13-16,43H2,1-2H3/t20-,37+/m1/s1. The van der Waals surface area contributed by atoms with E-state index in [-0.39, 0.29) is 79.0 Å². The van der Waals surface area contributed by atoms with Gasteiger partial charge < -0.3 is 20.3 Å². The highest BCUT2D eigenvalue weighted by Gasteiger charge is 2.49. The highest BCUT2D eigenvalue weighted by Crippen LogP contribution is 2.47. The zero-order valence-electron chi connectivity index (χ0n) is 29.5. The Kier molecular flexibility index (Phi) is 8.40. The van der Waals surface area contributed by atoms with E-state index >= 15 is 4.39 Å². The Morgan fingerprint density at radius 2 is 2.04 bits per heavy atom. The minimum absolute atomic E-state index is 0.00297. The molecule has 5 aromatic rings. The maximum absolute atomic E-state index is 17.1. The summed E-state index contributed by atoms with van der Waals surface area (Å²) in [6.45, 7) is 5.88. The number of fused-ring (bicyclic) bond motifs is 3. The van der Waals surface area contributed by atoms with Crippen molar-refractivity contribution in [2.45, 2.75) is 75.7 Å². The number of carbonyl (C=O) groups is 1. The number of nitrogens with zero attached hydrogens (tertiary/aromatic N) is 9. The molecule has 0 unspecified atom stereocenters. The van der Waals surface area contributed by atoms with Crippen LogP contribution in [-0.2, 0) is 0 Å². The molecule has 17 heteroatoms. The highest BCUT2D eigenvalue weighted by molar-refractivity contribution is 7.23. The van der Waals surface area contributed by atoms with Gasteiger partial charge in [-0.25, -0.2) is 22.5 Å². The summed E-state index contributed by atoms with van der Waals surface area (Å²) in [4.78, 5) is 29.1. The number of hydrogen-bond acceptors (Lipinski definition) is 11. The molecule has 1 aliphatic carbocycles. The van der Waals surface area contributed by atoms with Gasteiger partial charge in [-0.2, -0.15) is 15.2 Å². The van der Waals surface area contributed by atoms with Crippen molar-refractivity contribution in [3.8, 4) is 23.2 Å². The molecule has 2 N–H and O–H groups in total. The Morgan fingerprint density at radius 1 is 1.24 bits per heavy atom. The first-order valence-corrected chi connectivity index (χ1v) is 19.3. The van der Waals surface area contributed by atoms with Gasteiger partial charge in [-0.3, -0.25) is 4.90 Å². The first kappa shape index (κ1) is 35.0. The van der Waals surface area contributed by atoms with E-state index in [1.54, 1.807) is 11.0 Å². The van der Waals surface area contributed by atoms with Crippen molar-refractivity contribution in [1.82, 2.24) is 34.5 Å². The van der Waals surface area contributed by atoms with E-state index < -0.39 is 23.3 Å². The van der Waals surface area contributed by atoms with E-state index in [1.807, 2.05) is 24.8 Å². The lowest BCUT2D eigenvalue weighted by molar-refractivity contribution is 0.107. The number of thiophene rings is 1. The number of alkyl halides is 1.